The van der Waals surface area contributed by atoms with Gasteiger partial charge in [-0.05, 0) is 31.9 Å². The predicted molar refractivity (Wildman–Crippen MR) is 75.2 cm³/mol. The zero-order valence-electron chi connectivity index (χ0n) is 11.0. The van der Waals surface area contributed by atoms with Crippen LogP contribution in [0.1, 0.15) is 16.7 Å². The normalized spacial score (nSPS) is 18.7. The van der Waals surface area contributed by atoms with E-state index in [-0.39, 0.29) is 12.5 Å². The molecule has 1 unspecified atom stereocenters. The molecule has 2 rings (SSSR count). The van der Waals surface area contributed by atoms with Crippen LogP contribution in [0.2, 0.25) is 0 Å². The van der Waals surface area contributed by atoms with Crippen molar-refractivity contribution in [1.29, 1.82) is 0 Å². The topological polar surface area (TPSA) is 55.6 Å². The molecule has 1 heterocycles. The van der Waals surface area contributed by atoms with Gasteiger partial charge in [-0.25, -0.2) is 0 Å². The van der Waals surface area contributed by atoms with Crippen LogP contribution in [0.15, 0.2) is 4.47 Å². The molecule has 1 atom stereocenters. The van der Waals surface area contributed by atoms with Gasteiger partial charge in [0.25, 0.3) is 5.91 Å². The predicted octanol–water partition coefficient (Wildman–Crippen LogP) is 2.06. The Hall–Kier alpha value is -1.07. The summed E-state index contributed by atoms with van der Waals surface area (Å²) < 4.78 is 6.79. The van der Waals surface area contributed by atoms with Crippen LogP contribution >= 0.6 is 15.9 Å². The standard InChI is InChI=1S/C13H17BrN2O2/c1-6-7(2)11-12(8(3)10(6)14)18-9(5-15)13(17)16(11)4/h9H,5,15H2,1-4H3. The quantitative estimate of drug-likeness (QED) is 0.863. The molecule has 5 heteroatoms. The molecule has 0 bridgehead atoms. The number of benzene rings is 1. The van der Waals surface area contributed by atoms with E-state index in [0.29, 0.717) is 0 Å². The minimum absolute atomic E-state index is 0.0887. The summed E-state index contributed by atoms with van der Waals surface area (Å²) in [5, 5.41) is 0. The zero-order chi connectivity index (χ0) is 13.6. The number of carbonyl (C=O) groups excluding carboxylic acids is 1. The molecule has 1 aromatic rings. The lowest BCUT2D eigenvalue weighted by atomic mass is 10.0. The van der Waals surface area contributed by atoms with Gasteiger partial charge >= 0.3 is 0 Å². The van der Waals surface area contributed by atoms with Crippen molar-refractivity contribution in [3.05, 3.63) is 21.2 Å². The number of hydrogen-bond acceptors (Lipinski definition) is 3. The Kier molecular flexibility index (Phi) is 3.38. The van der Waals surface area contributed by atoms with E-state index < -0.39 is 6.10 Å². The Morgan fingerprint density at radius 2 is 1.89 bits per heavy atom. The lowest BCUT2D eigenvalue weighted by molar-refractivity contribution is -0.125. The Labute approximate surface area is 115 Å². The molecule has 0 saturated carbocycles. The highest BCUT2D eigenvalue weighted by Gasteiger charge is 2.34. The molecule has 0 aromatic heterocycles. The van der Waals surface area contributed by atoms with Gasteiger partial charge in [0.1, 0.15) is 5.75 Å². The smallest absolute Gasteiger partial charge is 0.269 e. The third kappa shape index (κ3) is 1.73. The first kappa shape index (κ1) is 13.4. The van der Waals surface area contributed by atoms with Crippen molar-refractivity contribution in [3.8, 4) is 5.75 Å². The Balaban J connectivity index is 2.71. The summed E-state index contributed by atoms with van der Waals surface area (Å²) in [5.74, 6) is 0.664. The molecule has 2 N–H and O–H groups in total. The van der Waals surface area contributed by atoms with E-state index in [1.807, 2.05) is 20.8 Å². The van der Waals surface area contributed by atoms with Crippen LogP contribution < -0.4 is 15.4 Å². The average molecular weight is 313 g/mol. The fourth-order valence-electron chi connectivity index (χ4n) is 2.29. The second-order valence-corrected chi connectivity index (χ2v) is 5.40. The van der Waals surface area contributed by atoms with Crippen LogP contribution in [0.25, 0.3) is 0 Å². The number of hydrogen-bond donors (Lipinski definition) is 1. The van der Waals surface area contributed by atoms with Gasteiger partial charge in [0, 0.05) is 23.6 Å². The lowest BCUT2D eigenvalue weighted by Gasteiger charge is -2.34. The molecule has 1 amide bonds. The largest absolute Gasteiger partial charge is 0.477 e. The molecule has 1 aromatic carbocycles. The van der Waals surface area contributed by atoms with Gasteiger partial charge in [-0.15, -0.1) is 0 Å². The average Bonchev–Trinajstić information content (AvgIpc) is 2.36. The number of amides is 1. The van der Waals surface area contributed by atoms with E-state index in [1.165, 1.54) is 0 Å². The number of fused-ring (bicyclic) bond motifs is 1. The van der Waals surface area contributed by atoms with E-state index in [9.17, 15) is 4.79 Å². The fraction of sp³-hybridized carbons (Fsp3) is 0.462. The fourth-order valence-corrected chi connectivity index (χ4v) is 2.76. The molecule has 0 saturated heterocycles. The minimum Gasteiger partial charge on any atom is -0.477 e. The highest BCUT2D eigenvalue weighted by Crippen LogP contribution is 2.44. The van der Waals surface area contributed by atoms with Crippen LogP contribution in [0.3, 0.4) is 0 Å². The number of halogens is 1. The molecule has 0 spiro atoms. The first-order chi connectivity index (χ1) is 8.40. The summed E-state index contributed by atoms with van der Waals surface area (Å²) >= 11 is 3.57. The van der Waals surface area contributed by atoms with E-state index in [0.717, 1.165) is 32.6 Å². The maximum absolute atomic E-state index is 12.1. The van der Waals surface area contributed by atoms with Crippen molar-refractivity contribution >= 4 is 27.5 Å². The highest BCUT2D eigenvalue weighted by atomic mass is 79.9. The van der Waals surface area contributed by atoms with Gasteiger partial charge in [0.15, 0.2) is 6.10 Å². The third-order valence-corrected chi connectivity index (χ3v) is 4.74. The van der Waals surface area contributed by atoms with Crippen molar-refractivity contribution in [2.45, 2.75) is 26.9 Å². The van der Waals surface area contributed by atoms with Crippen molar-refractivity contribution < 1.29 is 9.53 Å². The van der Waals surface area contributed by atoms with Gasteiger partial charge in [-0.2, -0.15) is 0 Å². The Morgan fingerprint density at radius 3 is 2.44 bits per heavy atom. The molecule has 0 aliphatic carbocycles. The van der Waals surface area contributed by atoms with Crippen molar-refractivity contribution in [2.75, 3.05) is 18.5 Å². The molecule has 0 fully saturated rings. The van der Waals surface area contributed by atoms with Gasteiger partial charge in [-0.3, -0.25) is 4.79 Å². The Morgan fingerprint density at radius 1 is 1.28 bits per heavy atom. The number of rotatable bonds is 1. The van der Waals surface area contributed by atoms with Crippen LogP contribution in [0, 0.1) is 20.8 Å². The molecule has 4 nitrogen and oxygen atoms in total. The number of ether oxygens (including phenoxy) is 1. The number of nitrogens with two attached hydrogens (primary N) is 1. The number of likely N-dealkylation sites (N-methyl/N-ethyl adjacent to an activating group) is 1. The molecule has 1 aliphatic heterocycles. The van der Waals surface area contributed by atoms with Crippen molar-refractivity contribution in [1.82, 2.24) is 0 Å². The number of carbonyl (C=O) groups is 1. The molecule has 1 aliphatic rings. The van der Waals surface area contributed by atoms with E-state index in [4.69, 9.17) is 10.5 Å². The van der Waals surface area contributed by atoms with E-state index in [1.54, 1.807) is 11.9 Å². The number of nitrogens with zero attached hydrogens (tertiary/aromatic N) is 1. The summed E-state index contributed by atoms with van der Waals surface area (Å²) in [7, 11) is 1.77. The second-order valence-electron chi connectivity index (χ2n) is 4.61. The number of anilines is 1. The van der Waals surface area contributed by atoms with Crippen LogP contribution in [0.4, 0.5) is 5.69 Å². The summed E-state index contributed by atoms with van der Waals surface area (Å²) in [6, 6.07) is 0. The maximum Gasteiger partial charge on any atom is 0.269 e. The summed E-state index contributed by atoms with van der Waals surface area (Å²) in [5.41, 5.74) is 9.62. The third-order valence-electron chi connectivity index (χ3n) is 3.55. The van der Waals surface area contributed by atoms with Crippen LogP contribution in [-0.4, -0.2) is 25.6 Å². The van der Waals surface area contributed by atoms with Crippen molar-refractivity contribution in [2.24, 2.45) is 5.73 Å². The summed E-state index contributed by atoms with van der Waals surface area (Å²) in [4.78, 5) is 13.7. The molecule has 18 heavy (non-hydrogen) atoms. The second kappa shape index (κ2) is 4.55. The first-order valence-electron chi connectivity index (χ1n) is 5.83. The van der Waals surface area contributed by atoms with Gasteiger partial charge in [0.2, 0.25) is 0 Å². The van der Waals surface area contributed by atoms with E-state index in [2.05, 4.69) is 15.9 Å². The van der Waals surface area contributed by atoms with Crippen molar-refractivity contribution in [3.63, 3.8) is 0 Å². The Bertz CT molecular complexity index is 528. The van der Waals surface area contributed by atoms with Crippen LogP contribution in [0.5, 0.6) is 5.75 Å². The molecule has 98 valence electrons. The minimum atomic E-state index is -0.588. The summed E-state index contributed by atoms with van der Waals surface area (Å²) in [6.07, 6.45) is -0.588. The van der Waals surface area contributed by atoms with E-state index >= 15 is 0 Å². The summed E-state index contributed by atoms with van der Waals surface area (Å²) in [6.45, 7) is 6.19. The highest BCUT2D eigenvalue weighted by molar-refractivity contribution is 9.10. The zero-order valence-corrected chi connectivity index (χ0v) is 12.6. The SMILES string of the molecule is Cc1c(C)c2c(c(C)c1Br)OC(CN)C(=O)N2C. The lowest BCUT2D eigenvalue weighted by Crippen LogP contribution is -2.48. The molecular formula is C13H17BrN2O2. The molecule has 0 radical (unpaired) electrons. The molecular weight excluding hydrogens is 296 g/mol. The first-order valence-corrected chi connectivity index (χ1v) is 6.63. The monoisotopic (exact) mass is 312 g/mol. The maximum atomic E-state index is 12.1. The van der Waals surface area contributed by atoms with Gasteiger partial charge in [0.05, 0.1) is 5.69 Å². The van der Waals surface area contributed by atoms with Gasteiger partial charge < -0.3 is 15.4 Å². The van der Waals surface area contributed by atoms with Gasteiger partial charge in [-0.1, -0.05) is 15.9 Å². The van der Waals surface area contributed by atoms with Crippen LogP contribution in [-0.2, 0) is 4.79 Å².